The van der Waals surface area contributed by atoms with Crippen LogP contribution in [0.3, 0.4) is 0 Å². The third-order valence-corrected chi connectivity index (χ3v) is 14.0. The number of carbonyl (C=O) groups is 4. The highest BCUT2D eigenvalue weighted by molar-refractivity contribution is 7.87. The maximum atomic E-state index is 14.7. The molecule has 16 nitrogen and oxygen atoms in total. The molecule has 1 unspecified atom stereocenters. The van der Waals surface area contributed by atoms with Crippen molar-refractivity contribution in [3.63, 3.8) is 0 Å². The van der Waals surface area contributed by atoms with Crippen LogP contribution in [0.25, 0.3) is 21.6 Å². The highest BCUT2D eigenvalue weighted by Gasteiger charge is 2.62. The van der Waals surface area contributed by atoms with Crippen molar-refractivity contribution in [1.29, 1.82) is 0 Å². The summed E-state index contributed by atoms with van der Waals surface area (Å²) in [5.41, 5.74) is 0.238. The topological polar surface area (TPSA) is 198 Å². The summed E-state index contributed by atoms with van der Waals surface area (Å²) < 4.78 is 47.6. The zero-order chi connectivity index (χ0) is 40.3. The molecule has 5 aliphatic rings. The molecule has 58 heavy (non-hydrogen) atoms. The molecule has 2 saturated carbocycles. The fourth-order valence-corrected chi connectivity index (χ4v) is 10.2. The maximum Gasteiger partial charge on any atom is 0.408 e. The quantitative estimate of drug-likeness (QED) is 0.279. The molecule has 310 valence electrons. The van der Waals surface area contributed by atoms with Crippen LogP contribution in [-0.4, -0.2) is 114 Å². The standard InChI is InChI=1S/C40H49N7O9S2/c48-35-32-23-28(55-36-34(33-17-10-22-57-33)41-29-14-8-9-15-30(29)42-36)25-47(32)37(49)31(43-39(51)56-27-12-6-7-13-27)16-5-3-1-2-4-11-26-24-40(26,44-35)38(50)45-58(52,53)46-18-20-54-21-19-46/h4,8-11,14-15,17,22,26-28,31-32H,1-3,5-7,12-13,16,18-21,23-25H2,(H,43,51)(H,44,48)(H,45,50)/b11-4-/t26?,28-,31+,32+,40-/m1/s1. The van der Waals surface area contributed by atoms with Gasteiger partial charge in [0.2, 0.25) is 17.7 Å². The number of nitrogens with zero attached hydrogens (tertiary/aromatic N) is 4. The van der Waals surface area contributed by atoms with E-state index in [1.165, 1.54) is 16.2 Å². The molecule has 4 amide bonds. The number of aromatic nitrogens is 2. The number of para-hydroxylation sites is 2. The molecule has 3 N–H and O–H groups in total. The highest BCUT2D eigenvalue weighted by Crippen LogP contribution is 2.46. The Labute approximate surface area is 341 Å². The van der Waals surface area contributed by atoms with E-state index >= 15 is 0 Å². The lowest BCUT2D eigenvalue weighted by atomic mass is 10.0. The van der Waals surface area contributed by atoms with Gasteiger partial charge in [-0.25, -0.2) is 19.5 Å². The number of hydrogen-bond donors (Lipinski definition) is 3. The molecule has 5 atom stereocenters. The van der Waals surface area contributed by atoms with Crippen LogP contribution in [0.1, 0.15) is 70.6 Å². The van der Waals surface area contributed by atoms with Crippen molar-refractivity contribution >= 4 is 56.4 Å². The fraction of sp³-hybridized carbons (Fsp3) is 0.550. The first kappa shape index (κ1) is 40.1. The maximum absolute atomic E-state index is 14.7. The average Bonchev–Trinajstić information content (AvgIpc) is 3.72. The second kappa shape index (κ2) is 17.3. The van der Waals surface area contributed by atoms with Crippen LogP contribution in [0, 0.1) is 5.92 Å². The Balaban J connectivity index is 1.10. The van der Waals surface area contributed by atoms with Crippen molar-refractivity contribution in [3.8, 4) is 16.5 Å². The van der Waals surface area contributed by atoms with E-state index in [2.05, 4.69) is 15.4 Å². The van der Waals surface area contributed by atoms with Gasteiger partial charge in [-0.1, -0.05) is 43.2 Å². The minimum atomic E-state index is -4.23. The van der Waals surface area contributed by atoms with Gasteiger partial charge in [0.05, 0.1) is 35.7 Å². The first-order chi connectivity index (χ1) is 28.1. The van der Waals surface area contributed by atoms with Crippen LogP contribution < -0.4 is 20.1 Å². The molecule has 0 radical (unpaired) electrons. The number of fused-ring (bicyclic) bond motifs is 3. The van der Waals surface area contributed by atoms with Crippen molar-refractivity contribution in [2.45, 2.75) is 100 Å². The molecule has 8 rings (SSSR count). The lowest BCUT2D eigenvalue weighted by Crippen LogP contribution is -2.59. The SMILES string of the molecule is O=C(N[C@H]1CCCCC/C=C\C2C[C@@]2(C(=O)NS(=O)(=O)N2CCOCC2)NC(=O)[C@@H]2C[C@@H](Oc3nc4ccccc4nc3-c3cccs3)CN2C1=O)OC1CCCC1. The summed E-state index contributed by atoms with van der Waals surface area (Å²) in [4.78, 5) is 68.4. The third-order valence-electron chi connectivity index (χ3n) is 11.6. The predicted octanol–water partition coefficient (Wildman–Crippen LogP) is 3.83. The smallest absolute Gasteiger partial charge is 0.408 e. The number of thiophene rings is 1. The Hall–Kier alpha value is -4.65. The Morgan fingerprint density at radius 3 is 2.47 bits per heavy atom. The van der Waals surface area contributed by atoms with Gasteiger partial charge in [-0.15, -0.1) is 11.3 Å². The van der Waals surface area contributed by atoms with Gasteiger partial charge in [-0.05, 0) is 74.9 Å². The van der Waals surface area contributed by atoms with Crippen LogP contribution >= 0.6 is 11.3 Å². The van der Waals surface area contributed by atoms with Crippen LogP contribution in [0.5, 0.6) is 5.88 Å². The summed E-state index contributed by atoms with van der Waals surface area (Å²) >= 11 is 1.47. The molecule has 18 heteroatoms. The lowest BCUT2D eigenvalue weighted by Gasteiger charge is -2.30. The van der Waals surface area contributed by atoms with Crippen LogP contribution in [-0.2, 0) is 34.1 Å². The third kappa shape index (κ3) is 8.84. The summed E-state index contributed by atoms with van der Waals surface area (Å²) in [5.74, 6) is -2.20. The summed E-state index contributed by atoms with van der Waals surface area (Å²) in [7, 11) is -4.23. The van der Waals surface area contributed by atoms with E-state index in [-0.39, 0.29) is 57.7 Å². The number of morpholine rings is 1. The molecule has 2 saturated heterocycles. The van der Waals surface area contributed by atoms with Gasteiger partial charge in [-0.2, -0.15) is 12.7 Å². The number of carbonyl (C=O) groups excluding carboxylic acids is 4. The largest absolute Gasteiger partial charge is 0.471 e. The second-order valence-electron chi connectivity index (χ2n) is 15.6. The number of rotatable bonds is 8. The van der Waals surface area contributed by atoms with Gasteiger partial charge >= 0.3 is 16.3 Å². The van der Waals surface area contributed by atoms with Gasteiger partial charge in [0.25, 0.3) is 5.91 Å². The Bertz CT molecular complexity index is 2140. The molecule has 3 aliphatic heterocycles. The van der Waals surface area contributed by atoms with Gasteiger partial charge in [0.1, 0.15) is 35.5 Å². The van der Waals surface area contributed by atoms with Crippen molar-refractivity contribution in [1.82, 2.24) is 34.5 Å². The number of nitrogens with one attached hydrogen (secondary N) is 3. The van der Waals surface area contributed by atoms with Crippen LogP contribution in [0.2, 0.25) is 0 Å². The Morgan fingerprint density at radius 2 is 1.71 bits per heavy atom. The van der Waals surface area contributed by atoms with E-state index in [4.69, 9.17) is 24.2 Å². The molecule has 2 aromatic heterocycles. The van der Waals surface area contributed by atoms with Gasteiger partial charge in [0, 0.05) is 25.4 Å². The molecular formula is C40H49N7O9S2. The molecule has 4 fully saturated rings. The first-order valence-corrected chi connectivity index (χ1v) is 22.6. The van der Waals surface area contributed by atoms with Crippen molar-refractivity contribution in [3.05, 3.63) is 53.9 Å². The minimum Gasteiger partial charge on any atom is -0.471 e. The zero-order valence-corrected chi connectivity index (χ0v) is 33.8. The van der Waals surface area contributed by atoms with Crippen LogP contribution in [0.15, 0.2) is 53.9 Å². The average molecular weight is 836 g/mol. The summed E-state index contributed by atoms with van der Waals surface area (Å²) in [5, 5.41) is 7.65. The van der Waals surface area contributed by atoms with Crippen molar-refractivity contribution in [2.75, 3.05) is 32.8 Å². The molecule has 0 bridgehead atoms. The summed E-state index contributed by atoms with van der Waals surface area (Å²) in [6.45, 7) is 0.547. The number of amides is 4. The highest BCUT2D eigenvalue weighted by atomic mass is 32.2. The zero-order valence-electron chi connectivity index (χ0n) is 32.2. The molecule has 2 aliphatic carbocycles. The van der Waals surface area contributed by atoms with Gasteiger partial charge in [-0.3, -0.25) is 14.4 Å². The fourth-order valence-electron chi connectivity index (χ4n) is 8.36. The van der Waals surface area contributed by atoms with E-state index in [0.717, 1.165) is 47.7 Å². The van der Waals surface area contributed by atoms with E-state index < -0.39 is 63.7 Å². The molecule has 0 spiro atoms. The Kier molecular flexibility index (Phi) is 12.0. The predicted molar refractivity (Wildman–Crippen MR) is 214 cm³/mol. The number of benzene rings is 1. The van der Waals surface area contributed by atoms with Gasteiger partial charge < -0.3 is 29.7 Å². The Morgan fingerprint density at radius 1 is 0.948 bits per heavy atom. The van der Waals surface area contributed by atoms with E-state index in [1.807, 2.05) is 53.9 Å². The van der Waals surface area contributed by atoms with Crippen LogP contribution in [0.4, 0.5) is 4.79 Å². The molecule has 1 aromatic carbocycles. The van der Waals surface area contributed by atoms with Crippen molar-refractivity contribution < 1.29 is 41.8 Å². The minimum absolute atomic E-state index is 0.0273. The number of hydrogen-bond acceptors (Lipinski definition) is 12. The molecule has 3 aromatic rings. The summed E-state index contributed by atoms with van der Waals surface area (Å²) in [6, 6.07) is 9.11. The molecular weight excluding hydrogens is 787 g/mol. The normalized spacial score (nSPS) is 28.0. The molecule has 5 heterocycles. The first-order valence-electron chi connectivity index (χ1n) is 20.2. The van der Waals surface area contributed by atoms with Crippen molar-refractivity contribution in [2.24, 2.45) is 5.92 Å². The van der Waals surface area contributed by atoms with E-state index in [9.17, 15) is 27.6 Å². The monoisotopic (exact) mass is 835 g/mol. The summed E-state index contributed by atoms with van der Waals surface area (Å²) in [6.07, 6.45) is 9.04. The second-order valence-corrected chi connectivity index (χ2v) is 18.2. The number of alkyl carbamates (subject to hydrolysis) is 1. The van der Waals surface area contributed by atoms with E-state index in [1.54, 1.807) is 0 Å². The number of allylic oxidation sites excluding steroid dienone is 1. The van der Waals surface area contributed by atoms with E-state index in [0.29, 0.717) is 36.0 Å². The number of ether oxygens (including phenoxy) is 3. The van der Waals surface area contributed by atoms with Gasteiger partial charge in [0.15, 0.2) is 0 Å². The lowest BCUT2D eigenvalue weighted by molar-refractivity contribution is -0.141.